The molecule has 0 radical (unpaired) electrons. The molecule has 1 unspecified atom stereocenters. The molecule has 0 aromatic heterocycles. The van der Waals surface area contributed by atoms with Gasteiger partial charge in [0.15, 0.2) is 0 Å². The highest BCUT2D eigenvalue weighted by molar-refractivity contribution is 6.30. The molecule has 0 amide bonds. The fourth-order valence-corrected chi connectivity index (χ4v) is 3.34. The minimum absolute atomic E-state index is 0.247. The highest BCUT2D eigenvalue weighted by atomic mass is 35.5. The maximum absolute atomic E-state index is 6.67. The van der Waals surface area contributed by atoms with Crippen molar-refractivity contribution < 1.29 is 4.74 Å². The van der Waals surface area contributed by atoms with Gasteiger partial charge in [-0.25, -0.2) is 0 Å². The summed E-state index contributed by atoms with van der Waals surface area (Å²) in [6.45, 7) is 0. The quantitative estimate of drug-likeness (QED) is 0.240. The van der Waals surface area contributed by atoms with Gasteiger partial charge in [0, 0.05) is 10.6 Å². The molecule has 1 nitrogen and oxygen atoms in total. The Morgan fingerprint density at radius 3 is 1.76 bits per heavy atom. The average molecular weight is 397 g/mol. The Morgan fingerprint density at radius 2 is 1.14 bits per heavy atom. The van der Waals surface area contributed by atoms with Crippen molar-refractivity contribution in [3.63, 3.8) is 0 Å². The van der Waals surface area contributed by atoms with E-state index >= 15 is 0 Å². The van der Waals surface area contributed by atoms with Gasteiger partial charge in [-0.2, -0.15) is 0 Å². The first-order valence-corrected chi connectivity index (χ1v) is 9.96. The van der Waals surface area contributed by atoms with Crippen molar-refractivity contribution in [3.05, 3.63) is 143 Å². The highest BCUT2D eigenvalue weighted by Gasteiger charge is 2.18. The van der Waals surface area contributed by atoms with Crippen LogP contribution >= 0.6 is 11.6 Å². The predicted molar refractivity (Wildman–Crippen MR) is 122 cm³/mol. The molecule has 29 heavy (non-hydrogen) atoms. The summed E-state index contributed by atoms with van der Waals surface area (Å²) in [4.78, 5) is 0. The van der Waals surface area contributed by atoms with Crippen LogP contribution in [0.15, 0.2) is 115 Å². The van der Waals surface area contributed by atoms with Crippen molar-refractivity contribution in [3.8, 4) is 0 Å². The second kappa shape index (κ2) is 9.27. The molecule has 4 rings (SSSR count). The van der Waals surface area contributed by atoms with Crippen LogP contribution in [0.25, 0.3) is 11.8 Å². The van der Waals surface area contributed by atoms with Crippen molar-refractivity contribution in [2.75, 3.05) is 0 Å². The van der Waals surface area contributed by atoms with Gasteiger partial charge >= 0.3 is 0 Å². The topological polar surface area (TPSA) is 9.23 Å². The molecule has 0 spiro atoms. The van der Waals surface area contributed by atoms with Crippen molar-refractivity contribution >= 4 is 23.4 Å². The zero-order valence-corrected chi connectivity index (χ0v) is 16.7. The highest BCUT2D eigenvalue weighted by Crippen LogP contribution is 2.33. The van der Waals surface area contributed by atoms with Gasteiger partial charge in [-0.1, -0.05) is 115 Å². The molecule has 0 heterocycles. The largest absolute Gasteiger partial charge is 0.480 e. The standard InChI is InChI=1S/C27H21ClO/c28-25-18-16-24(17-19-25)27(23-14-8-3-9-15-23)29-26(22-12-6-2-7-13-22)20-21-10-4-1-5-11-21/h1-20,27H/b26-20+. The minimum atomic E-state index is -0.247. The molecule has 4 aromatic rings. The molecular formula is C27H21ClO. The van der Waals surface area contributed by atoms with Crippen LogP contribution in [0.3, 0.4) is 0 Å². The summed E-state index contributed by atoms with van der Waals surface area (Å²) in [5.41, 5.74) is 4.26. The number of halogens is 1. The molecule has 0 N–H and O–H groups in total. The second-order valence-electron chi connectivity index (χ2n) is 6.75. The minimum Gasteiger partial charge on any atom is -0.480 e. The fourth-order valence-electron chi connectivity index (χ4n) is 3.21. The van der Waals surface area contributed by atoms with E-state index in [1.165, 1.54) is 0 Å². The number of ether oxygens (including phenoxy) is 1. The molecule has 0 bridgehead atoms. The van der Waals surface area contributed by atoms with E-state index in [4.69, 9.17) is 16.3 Å². The van der Waals surface area contributed by atoms with Crippen molar-refractivity contribution in [2.45, 2.75) is 6.10 Å². The third-order valence-corrected chi connectivity index (χ3v) is 4.93. The normalized spacial score (nSPS) is 12.4. The molecule has 0 aliphatic heterocycles. The van der Waals surface area contributed by atoms with Crippen molar-refractivity contribution in [2.24, 2.45) is 0 Å². The van der Waals surface area contributed by atoms with Gasteiger partial charge in [-0.15, -0.1) is 0 Å². The zero-order valence-electron chi connectivity index (χ0n) is 15.9. The molecule has 2 heteroatoms. The van der Waals surface area contributed by atoms with E-state index in [-0.39, 0.29) is 6.10 Å². The predicted octanol–water partition coefficient (Wildman–Crippen LogP) is 7.64. The molecule has 0 fully saturated rings. The molecule has 142 valence electrons. The van der Waals surface area contributed by atoms with E-state index in [0.29, 0.717) is 5.02 Å². The zero-order chi connectivity index (χ0) is 19.9. The molecule has 0 saturated carbocycles. The lowest BCUT2D eigenvalue weighted by Gasteiger charge is -2.22. The lowest BCUT2D eigenvalue weighted by Crippen LogP contribution is -2.06. The Labute approximate surface area is 176 Å². The number of benzene rings is 4. The van der Waals surface area contributed by atoms with Gasteiger partial charge in [-0.3, -0.25) is 0 Å². The smallest absolute Gasteiger partial charge is 0.149 e. The van der Waals surface area contributed by atoms with E-state index in [2.05, 4.69) is 42.5 Å². The fraction of sp³-hybridized carbons (Fsp3) is 0.0370. The van der Waals surface area contributed by atoms with Gasteiger partial charge < -0.3 is 4.74 Å². The molecule has 1 atom stereocenters. The Bertz CT molecular complexity index is 1060. The van der Waals surface area contributed by atoms with Crippen LogP contribution in [0.1, 0.15) is 28.4 Å². The van der Waals surface area contributed by atoms with Crippen LogP contribution in [-0.2, 0) is 4.74 Å². The summed E-state index contributed by atoms with van der Waals surface area (Å²) in [5.74, 6) is 0.820. The number of rotatable bonds is 6. The van der Waals surface area contributed by atoms with Crippen LogP contribution in [0, 0.1) is 0 Å². The lowest BCUT2D eigenvalue weighted by atomic mass is 10.0. The van der Waals surface area contributed by atoms with Crippen molar-refractivity contribution in [1.82, 2.24) is 0 Å². The Balaban J connectivity index is 1.78. The van der Waals surface area contributed by atoms with Crippen LogP contribution in [0.2, 0.25) is 5.02 Å². The monoisotopic (exact) mass is 396 g/mol. The molecule has 0 aliphatic rings. The Hall–Kier alpha value is -3.29. The van der Waals surface area contributed by atoms with Gasteiger partial charge in [0.25, 0.3) is 0 Å². The Morgan fingerprint density at radius 1 is 0.621 bits per heavy atom. The first-order valence-electron chi connectivity index (χ1n) is 9.59. The third kappa shape index (κ3) is 4.96. The van der Waals surface area contributed by atoms with Crippen LogP contribution in [-0.4, -0.2) is 0 Å². The van der Waals surface area contributed by atoms with Gasteiger partial charge in [0.05, 0.1) is 0 Å². The van der Waals surface area contributed by atoms with E-state index in [1.54, 1.807) is 0 Å². The summed E-state index contributed by atoms with van der Waals surface area (Å²) in [5, 5.41) is 0.712. The Kier molecular flexibility index (Phi) is 6.09. The van der Waals surface area contributed by atoms with E-state index in [9.17, 15) is 0 Å². The second-order valence-corrected chi connectivity index (χ2v) is 7.18. The lowest BCUT2D eigenvalue weighted by molar-refractivity contribution is 0.210. The summed E-state index contributed by atoms with van der Waals surface area (Å²) in [6.07, 6.45) is 1.84. The maximum Gasteiger partial charge on any atom is 0.149 e. The summed E-state index contributed by atoms with van der Waals surface area (Å²) < 4.78 is 6.67. The number of hydrogen-bond donors (Lipinski definition) is 0. The van der Waals surface area contributed by atoms with Crippen LogP contribution in [0.5, 0.6) is 0 Å². The van der Waals surface area contributed by atoms with Crippen molar-refractivity contribution in [1.29, 1.82) is 0 Å². The van der Waals surface area contributed by atoms with Crippen LogP contribution < -0.4 is 0 Å². The van der Waals surface area contributed by atoms with Gasteiger partial charge in [0.2, 0.25) is 0 Å². The van der Waals surface area contributed by atoms with Gasteiger partial charge in [0.1, 0.15) is 11.9 Å². The molecular weight excluding hydrogens is 376 g/mol. The molecule has 4 aromatic carbocycles. The first kappa shape index (κ1) is 19.0. The first-order chi connectivity index (χ1) is 14.3. The number of hydrogen-bond acceptors (Lipinski definition) is 1. The van der Waals surface area contributed by atoms with E-state index < -0.39 is 0 Å². The average Bonchev–Trinajstić information content (AvgIpc) is 2.79. The third-order valence-electron chi connectivity index (χ3n) is 4.68. The summed E-state index contributed by atoms with van der Waals surface area (Å²) in [7, 11) is 0. The van der Waals surface area contributed by atoms with Crippen LogP contribution in [0.4, 0.5) is 0 Å². The summed E-state index contributed by atoms with van der Waals surface area (Å²) >= 11 is 6.12. The molecule has 0 saturated heterocycles. The SMILES string of the molecule is Clc1ccc(C(O/C(=C/c2ccccc2)c2ccccc2)c2ccccc2)cc1. The maximum atomic E-state index is 6.67. The molecule has 0 aliphatic carbocycles. The van der Waals surface area contributed by atoms with E-state index in [0.717, 1.165) is 28.0 Å². The van der Waals surface area contributed by atoms with E-state index in [1.807, 2.05) is 78.9 Å². The van der Waals surface area contributed by atoms with Gasteiger partial charge in [-0.05, 0) is 34.9 Å². The summed E-state index contributed by atoms with van der Waals surface area (Å²) in [6, 6.07) is 38.5.